The van der Waals surface area contributed by atoms with Gasteiger partial charge in [0, 0.05) is 25.0 Å². The fraction of sp³-hybridized carbons (Fsp3) is 0.421. The molecule has 1 aliphatic rings. The molecule has 27 heavy (non-hydrogen) atoms. The minimum Gasteiger partial charge on any atom is -0.466 e. The number of nitrogens with zero attached hydrogens (tertiary/aromatic N) is 3. The third-order valence-corrected chi connectivity index (χ3v) is 4.84. The van der Waals surface area contributed by atoms with E-state index >= 15 is 0 Å². The molecule has 1 N–H and O–H groups in total. The molecule has 1 fully saturated rings. The van der Waals surface area contributed by atoms with Gasteiger partial charge >= 0.3 is 5.97 Å². The van der Waals surface area contributed by atoms with Crippen LogP contribution < -0.4 is 5.43 Å². The van der Waals surface area contributed by atoms with Gasteiger partial charge in [-0.15, -0.1) is 11.3 Å². The first kappa shape index (κ1) is 19.5. The summed E-state index contributed by atoms with van der Waals surface area (Å²) in [7, 11) is 0. The number of rotatable bonds is 8. The molecule has 2 aromatic rings. The summed E-state index contributed by atoms with van der Waals surface area (Å²) in [4.78, 5) is 18.2. The van der Waals surface area contributed by atoms with Crippen molar-refractivity contribution in [1.29, 1.82) is 0 Å². The van der Waals surface area contributed by atoms with Gasteiger partial charge in [-0.1, -0.05) is 24.3 Å². The lowest BCUT2D eigenvalue weighted by atomic mass is 10.1. The highest BCUT2D eigenvalue weighted by Gasteiger charge is 2.10. The number of morpholine rings is 1. The Labute approximate surface area is 163 Å². The summed E-state index contributed by atoms with van der Waals surface area (Å²) in [5, 5.41) is 6.69. The van der Waals surface area contributed by atoms with Crippen LogP contribution in [0.2, 0.25) is 0 Å². The fourth-order valence-electron chi connectivity index (χ4n) is 2.69. The van der Waals surface area contributed by atoms with Crippen molar-refractivity contribution in [2.24, 2.45) is 5.10 Å². The van der Waals surface area contributed by atoms with E-state index in [1.165, 1.54) is 16.9 Å². The van der Waals surface area contributed by atoms with Gasteiger partial charge in [-0.2, -0.15) is 5.10 Å². The lowest BCUT2D eigenvalue weighted by Crippen LogP contribution is -2.35. The maximum atomic E-state index is 11.5. The number of benzene rings is 1. The van der Waals surface area contributed by atoms with Crippen LogP contribution in [-0.2, 0) is 27.2 Å². The van der Waals surface area contributed by atoms with Gasteiger partial charge in [-0.05, 0) is 18.1 Å². The van der Waals surface area contributed by atoms with E-state index in [-0.39, 0.29) is 12.4 Å². The maximum Gasteiger partial charge on any atom is 0.311 e. The Hall–Kier alpha value is -2.29. The van der Waals surface area contributed by atoms with Gasteiger partial charge in [0.1, 0.15) is 0 Å². The van der Waals surface area contributed by atoms with Gasteiger partial charge in [0.25, 0.3) is 0 Å². The van der Waals surface area contributed by atoms with E-state index < -0.39 is 0 Å². The van der Waals surface area contributed by atoms with E-state index in [1.807, 2.05) is 5.38 Å². The SMILES string of the molecule is CCOC(=O)Cc1csc(NN=Cc2ccc(CN3CCOCC3)cc2)n1. The summed E-state index contributed by atoms with van der Waals surface area (Å²) in [6.45, 7) is 6.71. The number of thiazole rings is 1. The van der Waals surface area contributed by atoms with Gasteiger partial charge in [-0.25, -0.2) is 4.98 Å². The molecule has 0 spiro atoms. The van der Waals surface area contributed by atoms with Crippen molar-refractivity contribution in [1.82, 2.24) is 9.88 Å². The summed E-state index contributed by atoms with van der Waals surface area (Å²) in [5.41, 5.74) is 5.88. The maximum absolute atomic E-state index is 11.5. The standard InChI is InChI=1S/C19H24N4O3S/c1-2-26-18(24)11-17-14-27-19(21-17)22-20-12-15-3-5-16(6-4-15)13-23-7-9-25-10-8-23/h3-6,12,14H,2,7-11,13H2,1H3,(H,21,22). The molecule has 0 aliphatic carbocycles. The number of hydrogen-bond donors (Lipinski definition) is 1. The van der Waals surface area contributed by atoms with Crippen molar-refractivity contribution in [2.75, 3.05) is 38.3 Å². The number of carbonyl (C=O) groups excluding carboxylic acids is 1. The fourth-order valence-corrected chi connectivity index (χ4v) is 3.35. The number of carbonyl (C=O) groups is 1. The normalized spacial score (nSPS) is 15.1. The van der Waals surface area contributed by atoms with E-state index in [2.05, 4.69) is 44.7 Å². The number of hydrazone groups is 1. The second-order valence-electron chi connectivity index (χ2n) is 6.13. The molecular weight excluding hydrogens is 364 g/mol. The summed E-state index contributed by atoms with van der Waals surface area (Å²) < 4.78 is 10.3. The van der Waals surface area contributed by atoms with Crippen LogP contribution in [0.4, 0.5) is 5.13 Å². The molecule has 0 amide bonds. The molecule has 2 heterocycles. The van der Waals surface area contributed by atoms with Crippen molar-refractivity contribution >= 4 is 28.7 Å². The molecule has 144 valence electrons. The van der Waals surface area contributed by atoms with Gasteiger partial charge < -0.3 is 9.47 Å². The van der Waals surface area contributed by atoms with Gasteiger partial charge in [-0.3, -0.25) is 15.1 Å². The van der Waals surface area contributed by atoms with Crippen molar-refractivity contribution in [3.63, 3.8) is 0 Å². The topological polar surface area (TPSA) is 76.0 Å². The van der Waals surface area contributed by atoms with Crippen molar-refractivity contribution in [3.8, 4) is 0 Å². The van der Waals surface area contributed by atoms with Crippen LogP contribution in [-0.4, -0.2) is 55.0 Å². The molecule has 1 aromatic carbocycles. The van der Waals surface area contributed by atoms with Crippen LogP contribution in [0.25, 0.3) is 0 Å². The smallest absolute Gasteiger partial charge is 0.311 e. The van der Waals surface area contributed by atoms with Crippen LogP contribution in [0.15, 0.2) is 34.7 Å². The van der Waals surface area contributed by atoms with Crippen LogP contribution in [0.1, 0.15) is 23.7 Å². The minimum atomic E-state index is -0.268. The highest BCUT2D eigenvalue weighted by molar-refractivity contribution is 7.13. The summed E-state index contributed by atoms with van der Waals surface area (Å²) in [6, 6.07) is 8.35. The zero-order chi connectivity index (χ0) is 18.9. The van der Waals surface area contributed by atoms with E-state index in [1.54, 1.807) is 13.1 Å². The molecule has 0 saturated carbocycles. The van der Waals surface area contributed by atoms with Crippen LogP contribution in [0.5, 0.6) is 0 Å². The summed E-state index contributed by atoms with van der Waals surface area (Å²) in [5.74, 6) is -0.268. The van der Waals surface area contributed by atoms with Crippen LogP contribution in [0, 0.1) is 0 Å². The van der Waals surface area contributed by atoms with Crippen LogP contribution >= 0.6 is 11.3 Å². The molecule has 7 nitrogen and oxygen atoms in total. The lowest BCUT2D eigenvalue weighted by Gasteiger charge is -2.26. The van der Waals surface area contributed by atoms with E-state index in [0.717, 1.165) is 38.4 Å². The Balaban J connectivity index is 1.46. The molecule has 0 bridgehead atoms. The van der Waals surface area contributed by atoms with E-state index in [4.69, 9.17) is 9.47 Å². The number of hydrogen-bond acceptors (Lipinski definition) is 8. The highest BCUT2D eigenvalue weighted by atomic mass is 32.1. The zero-order valence-corrected chi connectivity index (χ0v) is 16.2. The second kappa shape index (κ2) is 10.1. The third-order valence-electron chi connectivity index (χ3n) is 4.05. The molecule has 1 aliphatic heterocycles. The van der Waals surface area contributed by atoms with E-state index in [9.17, 15) is 4.79 Å². The monoisotopic (exact) mass is 388 g/mol. The predicted octanol–water partition coefficient (Wildman–Crippen LogP) is 2.53. The molecular formula is C19H24N4O3S. The Bertz CT molecular complexity index is 755. The summed E-state index contributed by atoms with van der Waals surface area (Å²) >= 11 is 1.41. The first-order chi connectivity index (χ1) is 13.2. The quantitative estimate of drug-likeness (QED) is 0.425. The molecule has 8 heteroatoms. The van der Waals surface area contributed by atoms with Crippen molar-refractivity contribution < 1.29 is 14.3 Å². The predicted molar refractivity (Wildman–Crippen MR) is 106 cm³/mol. The Kier molecular flexibility index (Phi) is 7.32. The van der Waals surface area contributed by atoms with Gasteiger partial charge in [0.05, 0.1) is 38.1 Å². The largest absolute Gasteiger partial charge is 0.466 e. The molecule has 0 atom stereocenters. The Morgan fingerprint density at radius 2 is 2.15 bits per heavy atom. The number of nitrogens with one attached hydrogen (secondary N) is 1. The van der Waals surface area contributed by atoms with Gasteiger partial charge in [0.2, 0.25) is 5.13 Å². The lowest BCUT2D eigenvalue weighted by molar-refractivity contribution is -0.142. The first-order valence-corrected chi connectivity index (χ1v) is 9.89. The van der Waals surface area contributed by atoms with Gasteiger partial charge in [0.15, 0.2) is 0 Å². The third kappa shape index (κ3) is 6.42. The average molecular weight is 388 g/mol. The minimum absolute atomic E-state index is 0.181. The number of ether oxygens (including phenoxy) is 2. The molecule has 1 saturated heterocycles. The van der Waals surface area contributed by atoms with E-state index in [0.29, 0.717) is 17.4 Å². The summed E-state index contributed by atoms with van der Waals surface area (Å²) in [6.07, 6.45) is 1.94. The second-order valence-corrected chi connectivity index (χ2v) is 6.98. The number of aromatic nitrogens is 1. The van der Waals surface area contributed by atoms with Crippen LogP contribution in [0.3, 0.4) is 0 Å². The van der Waals surface area contributed by atoms with Crippen molar-refractivity contribution in [3.05, 3.63) is 46.5 Å². The zero-order valence-electron chi connectivity index (χ0n) is 15.4. The molecule has 1 aromatic heterocycles. The Morgan fingerprint density at radius 1 is 1.37 bits per heavy atom. The number of anilines is 1. The van der Waals surface area contributed by atoms with Crippen molar-refractivity contribution in [2.45, 2.75) is 19.9 Å². The number of esters is 1. The molecule has 3 rings (SSSR count). The molecule has 0 radical (unpaired) electrons. The average Bonchev–Trinajstić information content (AvgIpc) is 3.11. The first-order valence-electron chi connectivity index (χ1n) is 9.01. The highest BCUT2D eigenvalue weighted by Crippen LogP contribution is 2.16. The molecule has 0 unspecified atom stereocenters. The Morgan fingerprint density at radius 3 is 2.89 bits per heavy atom.